The number of amides is 1. The number of ether oxygens (including phenoxy) is 1. The maximum Gasteiger partial charge on any atom is 0.410 e. The second-order valence-electron chi connectivity index (χ2n) is 7.04. The highest BCUT2D eigenvalue weighted by Crippen LogP contribution is 2.22. The van der Waals surface area contributed by atoms with Crippen molar-refractivity contribution >= 4 is 27.8 Å². The first kappa shape index (κ1) is 18.0. The Kier molecular flexibility index (Phi) is 5.89. The van der Waals surface area contributed by atoms with Gasteiger partial charge in [-0.3, -0.25) is 0 Å². The molecular formula is C17H26BrN3O2. The van der Waals surface area contributed by atoms with E-state index in [4.69, 9.17) is 4.74 Å². The molecule has 2 rings (SSSR count). The number of pyridine rings is 1. The molecule has 0 unspecified atom stereocenters. The zero-order chi connectivity index (χ0) is 17.0. The van der Waals surface area contributed by atoms with Crippen molar-refractivity contribution in [1.82, 2.24) is 9.88 Å². The zero-order valence-corrected chi connectivity index (χ0v) is 16.0. The fourth-order valence-electron chi connectivity index (χ4n) is 2.75. The Hall–Kier alpha value is -1.30. The Morgan fingerprint density at radius 2 is 2.17 bits per heavy atom. The van der Waals surface area contributed by atoms with E-state index in [9.17, 15) is 4.79 Å². The van der Waals surface area contributed by atoms with E-state index in [0.29, 0.717) is 0 Å². The number of carbonyl (C=O) groups excluding carboxylic acids is 1. The zero-order valence-electron chi connectivity index (χ0n) is 14.4. The van der Waals surface area contributed by atoms with E-state index in [2.05, 4.69) is 25.8 Å². The molecule has 1 atom stereocenters. The van der Waals surface area contributed by atoms with Crippen LogP contribution in [0.1, 0.15) is 40.0 Å². The number of rotatable bonds is 3. The molecule has 23 heavy (non-hydrogen) atoms. The molecule has 1 aliphatic heterocycles. The molecule has 0 radical (unpaired) electrons. The van der Waals surface area contributed by atoms with Gasteiger partial charge in [0.05, 0.1) is 6.04 Å². The van der Waals surface area contributed by atoms with E-state index < -0.39 is 5.60 Å². The van der Waals surface area contributed by atoms with Gasteiger partial charge in [-0.1, -0.05) is 0 Å². The van der Waals surface area contributed by atoms with Crippen molar-refractivity contribution in [3.63, 3.8) is 0 Å². The Bertz CT molecular complexity index is 528. The Labute approximate surface area is 147 Å². The van der Waals surface area contributed by atoms with Crippen molar-refractivity contribution < 1.29 is 9.53 Å². The maximum absolute atomic E-state index is 12.5. The molecule has 0 aliphatic carbocycles. The van der Waals surface area contributed by atoms with Crippen LogP contribution in [-0.2, 0) is 4.74 Å². The van der Waals surface area contributed by atoms with Crippen molar-refractivity contribution in [2.75, 3.05) is 25.0 Å². The van der Waals surface area contributed by atoms with Crippen LogP contribution in [0.4, 0.5) is 10.6 Å². The number of halogens is 1. The van der Waals surface area contributed by atoms with Gasteiger partial charge >= 0.3 is 6.09 Å². The lowest BCUT2D eigenvalue weighted by Gasteiger charge is -2.38. The molecule has 1 amide bonds. The summed E-state index contributed by atoms with van der Waals surface area (Å²) < 4.78 is 6.52. The minimum atomic E-state index is -0.460. The topological polar surface area (TPSA) is 45.7 Å². The molecule has 0 bridgehead atoms. The Morgan fingerprint density at radius 1 is 1.43 bits per heavy atom. The molecule has 0 spiro atoms. The minimum Gasteiger partial charge on any atom is -0.444 e. The predicted octanol–water partition coefficient (Wildman–Crippen LogP) is 4.07. The van der Waals surface area contributed by atoms with Crippen LogP contribution in [0.2, 0.25) is 0 Å². The number of hydrogen-bond acceptors (Lipinski definition) is 4. The van der Waals surface area contributed by atoms with Crippen LogP contribution in [-0.4, -0.2) is 47.8 Å². The van der Waals surface area contributed by atoms with Gasteiger partial charge in [0.1, 0.15) is 11.4 Å². The number of aromatic nitrogens is 1. The molecular weight excluding hydrogens is 358 g/mol. The second-order valence-corrected chi connectivity index (χ2v) is 7.95. The van der Waals surface area contributed by atoms with Gasteiger partial charge in [-0.2, -0.15) is 0 Å². The summed E-state index contributed by atoms with van der Waals surface area (Å²) in [6.07, 6.45) is 4.76. The summed E-state index contributed by atoms with van der Waals surface area (Å²) >= 11 is 3.40. The first-order valence-electron chi connectivity index (χ1n) is 8.08. The maximum atomic E-state index is 12.5. The third-order valence-corrected chi connectivity index (χ3v) is 4.31. The van der Waals surface area contributed by atoms with Gasteiger partial charge in [-0.05, 0) is 68.1 Å². The van der Waals surface area contributed by atoms with E-state index in [1.165, 1.54) is 0 Å². The summed E-state index contributed by atoms with van der Waals surface area (Å²) in [5, 5.41) is 0. The lowest BCUT2D eigenvalue weighted by Crippen LogP contribution is -2.50. The molecule has 1 fully saturated rings. The van der Waals surface area contributed by atoms with Gasteiger partial charge in [-0.15, -0.1) is 0 Å². The smallest absolute Gasteiger partial charge is 0.410 e. The van der Waals surface area contributed by atoms with E-state index in [1.54, 1.807) is 6.20 Å². The second kappa shape index (κ2) is 7.51. The summed E-state index contributed by atoms with van der Waals surface area (Å²) in [6.45, 7) is 7.24. The quantitative estimate of drug-likeness (QED) is 0.788. The monoisotopic (exact) mass is 383 g/mol. The van der Waals surface area contributed by atoms with Gasteiger partial charge in [0.2, 0.25) is 0 Å². The van der Waals surface area contributed by atoms with Crippen LogP contribution in [0.15, 0.2) is 22.8 Å². The normalized spacial score (nSPS) is 18.7. The van der Waals surface area contributed by atoms with Gasteiger partial charge in [0.15, 0.2) is 0 Å². The van der Waals surface area contributed by atoms with E-state index >= 15 is 0 Å². The van der Waals surface area contributed by atoms with E-state index in [-0.39, 0.29) is 12.1 Å². The number of carbonyl (C=O) groups is 1. The molecule has 1 aromatic rings. The van der Waals surface area contributed by atoms with Gasteiger partial charge in [-0.25, -0.2) is 9.78 Å². The summed E-state index contributed by atoms with van der Waals surface area (Å²) in [4.78, 5) is 20.8. The Morgan fingerprint density at radius 3 is 2.78 bits per heavy atom. The van der Waals surface area contributed by atoms with Crippen molar-refractivity contribution in [2.45, 2.75) is 51.7 Å². The predicted molar refractivity (Wildman–Crippen MR) is 95.8 cm³/mol. The highest BCUT2D eigenvalue weighted by molar-refractivity contribution is 9.10. The molecule has 0 aromatic carbocycles. The summed E-state index contributed by atoms with van der Waals surface area (Å²) in [5.41, 5.74) is -0.460. The lowest BCUT2D eigenvalue weighted by atomic mass is 10.0. The van der Waals surface area contributed by atoms with E-state index in [1.807, 2.05) is 44.9 Å². The highest BCUT2D eigenvalue weighted by atomic mass is 79.9. The fourth-order valence-corrected chi connectivity index (χ4v) is 2.99. The molecule has 6 heteroatoms. The number of likely N-dealkylation sites (N-methyl/N-ethyl adjacent to an activating group) is 1. The molecule has 2 heterocycles. The van der Waals surface area contributed by atoms with Crippen LogP contribution < -0.4 is 4.90 Å². The van der Waals surface area contributed by atoms with Crippen molar-refractivity contribution in [2.24, 2.45) is 0 Å². The largest absolute Gasteiger partial charge is 0.444 e. The number of likely N-dealkylation sites (tertiary alicyclic amines) is 1. The van der Waals surface area contributed by atoms with Gasteiger partial charge in [0, 0.05) is 30.8 Å². The Balaban J connectivity index is 2.03. The molecule has 0 N–H and O–H groups in total. The van der Waals surface area contributed by atoms with Crippen molar-refractivity contribution in [3.05, 3.63) is 22.8 Å². The van der Waals surface area contributed by atoms with Gasteiger partial charge in [0.25, 0.3) is 0 Å². The summed E-state index contributed by atoms with van der Waals surface area (Å²) in [7, 11) is 2.01. The number of anilines is 1. The SMILES string of the molecule is CN(C[C@H]1CCCCN1C(=O)OC(C)(C)C)c1ccc(Br)cn1. The summed E-state index contributed by atoms with van der Waals surface area (Å²) in [6, 6.07) is 4.12. The first-order chi connectivity index (χ1) is 10.8. The first-order valence-corrected chi connectivity index (χ1v) is 8.88. The average molecular weight is 384 g/mol. The van der Waals surface area contributed by atoms with E-state index in [0.717, 1.165) is 42.6 Å². The standard InChI is InChI=1S/C17H26BrN3O2/c1-17(2,3)23-16(22)21-10-6-5-7-14(21)12-20(4)15-9-8-13(18)11-19-15/h8-9,11,14H,5-7,10,12H2,1-4H3/t14-/m1/s1. The minimum absolute atomic E-state index is 0.161. The number of hydrogen-bond donors (Lipinski definition) is 0. The van der Waals surface area contributed by atoms with Crippen LogP contribution in [0.5, 0.6) is 0 Å². The molecule has 128 valence electrons. The third kappa shape index (κ3) is 5.37. The fraction of sp³-hybridized carbons (Fsp3) is 0.647. The van der Waals surface area contributed by atoms with Crippen molar-refractivity contribution in [1.29, 1.82) is 0 Å². The molecule has 5 nitrogen and oxygen atoms in total. The highest BCUT2D eigenvalue weighted by Gasteiger charge is 2.31. The number of piperidine rings is 1. The summed E-state index contributed by atoms with van der Waals surface area (Å²) in [5.74, 6) is 0.905. The third-order valence-electron chi connectivity index (χ3n) is 3.84. The molecule has 1 saturated heterocycles. The average Bonchev–Trinajstić information content (AvgIpc) is 2.46. The van der Waals surface area contributed by atoms with Gasteiger partial charge < -0.3 is 14.5 Å². The van der Waals surface area contributed by atoms with Crippen LogP contribution in [0.3, 0.4) is 0 Å². The molecule has 1 aromatic heterocycles. The molecule has 0 saturated carbocycles. The van der Waals surface area contributed by atoms with Crippen LogP contribution in [0.25, 0.3) is 0 Å². The van der Waals surface area contributed by atoms with Crippen molar-refractivity contribution in [3.8, 4) is 0 Å². The van der Waals surface area contributed by atoms with Crippen LogP contribution in [0, 0.1) is 0 Å². The number of nitrogens with zero attached hydrogens (tertiary/aromatic N) is 3. The van der Waals surface area contributed by atoms with Crippen LogP contribution >= 0.6 is 15.9 Å². The lowest BCUT2D eigenvalue weighted by molar-refractivity contribution is 0.0108. The molecule has 1 aliphatic rings.